The third-order valence-corrected chi connectivity index (χ3v) is 2.59. The Bertz CT molecular complexity index is 637. The highest BCUT2D eigenvalue weighted by molar-refractivity contribution is 5.85. The van der Waals surface area contributed by atoms with Crippen LogP contribution in [0.2, 0.25) is 0 Å². The van der Waals surface area contributed by atoms with Gasteiger partial charge in [-0.2, -0.15) is 0 Å². The molecule has 2 rings (SSSR count). The second-order valence-electron chi connectivity index (χ2n) is 3.70. The van der Waals surface area contributed by atoms with Gasteiger partial charge in [-0.25, -0.2) is 0 Å². The van der Waals surface area contributed by atoms with E-state index in [0.717, 1.165) is 12.1 Å². The van der Waals surface area contributed by atoms with Crippen molar-refractivity contribution in [3.63, 3.8) is 0 Å². The van der Waals surface area contributed by atoms with Crippen LogP contribution < -0.4 is 0 Å². The Morgan fingerprint density at radius 1 is 0.842 bits per heavy atom. The van der Waals surface area contributed by atoms with Gasteiger partial charge in [-0.15, -0.1) is 0 Å². The third-order valence-electron chi connectivity index (χ3n) is 2.59. The molecule has 0 fully saturated rings. The molecule has 0 aliphatic heterocycles. The molecule has 2 aromatic carbocycles. The van der Waals surface area contributed by atoms with Gasteiger partial charge in [0, 0.05) is 17.7 Å². The number of rotatable bonds is 3. The number of nitro benzene ring substituents is 2. The van der Waals surface area contributed by atoms with Crippen molar-refractivity contribution in [3.05, 3.63) is 62.7 Å². The molecule has 0 unspecified atom stereocenters. The third kappa shape index (κ3) is 2.21. The van der Waals surface area contributed by atoms with Gasteiger partial charge < -0.3 is 5.11 Å². The van der Waals surface area contributed by atoms with E-state index < -0.39 is 21.2 Å². The van der Waals surface area contributed by atoms with E-state index in [9.17, 15) is 25.3 Å². The van der Waals surface area contributed by atoms with E-state index in [1.807, 2.05) is 0 Å². The van der Waals surface area contributed by atoms with Gasteiger partial charge in [0.2, 0.25) is 0 Å². The number of nitro groups is 2. The maximum Gasteiger partial charge on any atom is 0.284 e. The van der Waals surface area contributed by atoms with Crippen molar-refractivity contribution in [1.29, 1.82) is 0 Å². The lowest BCUT2D eigenvalue weighted by Gasteiger charge is -2.06. The van der Waals surface area contributed by atoms with Gasteiger partial charge in [0.25, 0.3) is 11.4 Å². The zero-order chi connectivity index (χ0) is 14.0. The van der Waals surface area contributed by atoms with Gasteiger partial charge in [0.05, 0.1) is 9.85 Å². The maximum absolute atomic E-state index is 11.0. The first kappa shape index (κ1) is 12.5. The summed E-state index contributed by atoms with van der Waals surface area (Å²) in [4.78, 5) is 20.5. The number of phenols is 1. The van der Waals surface area contributed by atoms with Crippen molar-refractivity contribution in [1.82, 2.24) is 0 Å². The first-order valence-electron chi connectivity index (χ1n) is 5.22. The topological polar surface area (TPSA) is 107 Å². The largest absolute Gasteiger partial charge is 0.507 e. The molecule has 0 aliphatic rings. The summed E-state index contributed by atoms with van der Waals surface area (Å²) in [5, 5.41) is 31.7. The smallest absolute Gasteiger partial charge is 0.284 e. The Hall–Kier alpha value is -2.96. The number of hydrogen-bond donors (Lipinski definition) is 1. The number of phenolic OH excluding ortho intramolecular Hbond substituents is 1. The van der Waals surface area contributed by atoms with E-state index in [4.69, 9.17) is 0 Å². The predicted octanol–water partition coefficient (Wildman–Crippen LogP) is 2.88. The van der Waals surface area contributed by atoms with E-state index >= 15 is 0 Å². The quantitative estimate of drug-likeness (QED) is 0.674. The second-order valence-corrected chi connectivity index (χ2v) is 3.70. The Labute approximate surface area is 107 Å². The molecule has 0 saturated heterocycles. The fourth-order valence-electron chi connectivity index (χ4n) is 1.79. The highest BCUT2D eigenvalue weighted by atomic mass is 16.6. The molecular formula is C12H8N2O5. The molecule has 96 valence electrons. The minimum absolute atomic E-state index is 0.0569. The van der Waals surface area contributed by atoms with E-state index in [2.05, 4.69) is 0 Å². The molecule has 0 radical (unpaired) electrons. The summed E-state index contributed by atoms with van der Waals surface area (Å²) in [6, 6.07) is 9.33. The molecule has 0 bridgehead atoms. The summed E-state index contributed by atoms with van der Waals surface area (Å²) in [5.74, 6) is -0.250. The molecular weight excluding hydrogens is 252 g/mol. The minimum atomic E-state index is -0.714. The Morgan fingerprint density at radius 2 is 1.37 bits per heavy atom. The highest BCUT2D eigenvalue weighted by Crippen LogP contribution is 2.41. The molecule has 0 saturated carbocycles. The van der Waals surface area contributed by atoms with Gasteiger partial charge in [0.1, 0.15) is 11.3 Å². The molecule has 0 spiro atoms. The molecule has 0 amide bonds. The van der Waals surface area contributed by atoms with E-state index in [1.54, 1.807) is 0 Å². The first-order valence-corrected chi connectivity index (χ1v) is 5.22. The standard InChI is InChI=1S/C12H8N2O5/c15-11-7-2-1-4-8(11)12-9(13(16)17)5-3-6-10(12)14(18)19/h1-7,15H. The first-order chi connectivity index (χ1) is 9.02. The Balaban J connectivity index is 2.83. The van der Waals surface area contributed by atoms with Crippen molar-refractivity contribution >= 4 is 11.4 Å². The average Bonchev–Trinajstić information content (AvgIpc) is 2.38. The lowest BCUT2D eigenvalue weighted by Crippen LogP contribution is -1.97. The van der Waals surface area contributed by atoms with Crippen LogP contribution in [0.15, 0.2) is 42.5 Å². The van der Waals surface area contributed by atoms with E-state index in [0.29, 0.717) is 0 Å². The van der Waals surface area contributed by atoms with Crippen LogP contribution in [0, 0.1) is 20.2 Å². The number of aromatic hydroxyl groups is 1. The second kappa shape index (κ2) is 4.73. The molecule has 0 aromatic heterocycles. The molecule has 2 aromatic rings. The summed E-state index contributed by atoms with van der Waals surface area (Å²) >= 11 is 0. The summed E-state index contributed by atoms with van der Waals surface area (Å²) in [7, 11) is 0. The van der Waals surface area contributed by atoms with Crippen molar-refractivity contribution < 1.29 is 15.0 Å². The Morgan fingerprint density at radius 3 is 1.84 bits per heavy atom. The fourth-order valence-corrected chi connectivity index (χ4v) is 1.79. The fraction of sp³-hybridized carbons (Fsp3) is 0. The highest BCUT2D eigenvalue weighted by Gasteiger charge is 2.27. The van der Waals surface area contributed by atoms with Crippen molar-refractivity contribution in [2.75, 3.05) is 0 Å². The monoisotopic (exact) mass is 260 g/mol. The molecule has 0 heterocycles. The van der Waals surface area contributed by atoms with Crippen LogP contribution in [0.25, 0.3) is 11.1 Å². The summed E-state index contributed by atoms with van der Waals surface area (Å²) in [5.41, 5.74) is -0.983. The van der Waals surface area contributed by atoms with Crippen LogP contribution in [0.4, 0.5) is 11.4 Å². The summed E-state index contributed by atoms with van der Waals surface area (Å²) < 4.78 is 0. The van der Waals surface area contributed by atoms with Gasteiger partial charge in [-0.05, 0) is 12.1 Å². The molecule has 19 heavy (non-hydrogen) atoms. The number of hydrogen-bond acceptors (Lipinski definition) is 5. The molecule has 0 aliphatic carbocycles. The molecule has 7 heteroatoms. The summed E-state index contributed by atoms with van der Waals surface area (Å²) in [6.07, 6.45) is 0. The van der Waals surface area contributed by atoms with Crippen LogP contribution >= 0.6 is 0 Å². The van der Waals surface area contributed by atoms with Gasteiger partial charge in [-0.1, -0.05) is 18.2 Å². The van der Waals surface area contributed by atoms with Crippen molar-refractivity contribution in [3.8, 4) is 16.9 Å². The van der Waals surface area contributed by atoms with E-state index in [-0.39, 0.29) is 16.9 Å². The molecule has 1 N–H and O–H groups in total. The van der Waals surface area contributed by atoms with E-state index in [1.165, 1.54) is 30.3 Å². The lowest BCUT2D eigenvalue weighted by atomic mass is 10.0. The zero-order valence-electron chi connectivity index (χ0n) is 9.52. The van der Waals surface area contributed by atoms with Gasteiger partial charge in [-0.3, -0.25) is 20.2 Å². The van der Waals surface area contributed by atoms with Crippen LogP contribution in [-0.4, -0.2) is 15.0 Å². The van der Waals surface area contributed by atoms with Gasteiger partial charge in [0.15, 0.2) is 0 Å². The van der Waals surface area contributed by atoms with Gasteiger partial charge >= 0.3 is 0 Å². The number of benzene rings is 2. The van der Waals surface area contributed by atoms with Crippen LogP contribution in [0.3, 0.4) is 0 Å². The van der Waals surface area contributed by atoms with Crippen LogP contribution in [-0.2, 0) is 0 Å². The average molecular weight is 260 g/mol. The molecule has 7 nitrogen and oxygen atoms in total. The number of nitrogens with zero attached hydrogens (tertiary/aromatic N) is 2. The maximum atomic E-state index is 11.0. The Kier molecular flexibility index (Phi) is 3.11. The zero-order valence-corrected chi connectivity index (χ0v) is 9.52. The van der Waals surface area contributed by atoms with Crippen molar-refractivity contribution in [2.45, 2.75) is 0 Å². The minimum Gasteiger partial charge on any atom is -0.507 e. The predicted molar refractivity (Wildman–Crippen MR) is 66.9 cm³/mol. The summed E-state index contributed by atoms with van der Waals surface area (Å²) in [6.45, 7) is 0. The lowest BCUT2D eigenvalue weighted by molar-refractivity contribution is -0.392. The van der Waals surface area contributed by atoms with Crippen LogP contribution in [0.1, 0.15) is 0 Å². The number of para-hydroxylation sites is 1. The SMILES string of the molecule is O=[N+]([O-])c1cccc([N+](=O)[O-])c1-c1ccccc1O. The molecule has 0 atom stereocenters. The van der Waals surface area contributed by atoms with Crippen molar-refractivity contribution in [2.24, 2.45) is 0 Å². The van der Waals surface area contributed by atoms with Crippen LogP contribution in [0.5, 0.6) is 5.75 Å². The normalized spacial score (nSPS) is 10.1.